The monoisotopic (exact) mass is 257 g/mol. The molecule has 1 N–H and O–H groups in total. The van der Waals surface area contributed by atoms with E-state index >= 15 is 0 Å². The molecule has 0 saturated heterocycles. The topological polar surface area (TPSA) is 63.2 Å². The van der Waals surface area contributed by atoms with E-state index in [1.807, 2.05) is 20.8 Å². The van der Waals surface area contributed by atoms with Crippen molar-refractivity contribution >= 4 is 11.6 Å². The van der Waals surface area contributed by atoms with Crippen molar-refractivity contribution in [1.82, 2.24) is 10.3 Å². The average Bonchev–Trinajstić information content (AvgIpc) is 2.32. The van der Waals surface area contributed by atoms with Crippen LogP contribution in [0.15, 0.2) is 5.10 Å². The first-order valence-corrected chi connectivity index (χ1v) is 6.36. The lowest BCUT2D eigenvalue weighted by molar-refractivity contribution is -0.140. The smallest absolute Gasteiger partial charge is 0.259 e. The van der Waals surface area contributed by atoms with Crippen LogP contribution in [0.5, 0.6) is 0 Å². The third kappa shape index (κ3) is 4.36. The summed E-state index contributed by atoms with van der Waals surface area (Å²) < 4.78 is 10.8. The highest BCUT2D eigenvalue weighted by Gasteiger charge is 2.27. The Morgan fingerprint density at radius 2 is 2.06 bits per heavy atom. The summed E-state index contributed by atoms with van der Waals surface area (Å²) in [5.74, 6) is -0.0210. The molecule has 6 nitrogen and oxygen atoms in total. The number of amides is 1. The second-order valence-corrected chi connectivity index (χ2v) is 4.20. The van der Waals surface area contributed by atoms with Gasteiger partial charge in [0.1, 0.15) is 0 Å². The first kappa shape index (κ1) is 15.1. The van der Waals surface area contributed by atoms with Crippen LogP contribution in [0.25, 0.3) is 0 Å². The van der Waals surface area contributed by atoms with Gasteiger partial charge in [-0.25, -0.2) is 5.01 Å². The first-order chi connectivity index (χ1) is 8.58. The van der Waals surface area contributed by atoms with Crippen LogP contribution >= 0.6 is 0 Å². The Morgan fingerprint density at radius 1 is 1.44 bits per heavy atom. The molecule has 1 unspecified atom stereocenters. The Bertz CT molecular complexity index is 301. The van der Waals surface area contributed by atoms with Crippen molar-refractivity contribution in [3.05, 3.63) is 0 Å². The number of carbonyl (C=O) groups excluding carboxylic acids is 1. The minimum atomic E-state index is -0.308. The van der Waals surface area contributed by atoms with Gasteiger partial charge in [-0.3, -0.25) is 4.79 Å². The predicted molar refractivity (Wildman–Crippen MR) is 69.3 cm³/mol. The van der Waals surface area contributed by atoms with Gasteiger partial charge in [0.05, 0.1) is 6.04 Å². The lowest BCUT2D eigenvalue weighted by Crippen LogP contribution is -2.50. The van der Waals surface area contributed by atoms with E-state index in [0.717, 1.165) is 5.71 Å². The number of nitrogens with zero attached hydrogens (tertiary/aromatic N) is 2. The van der Waals surface area contributed by atoms with Crippen molar-refractivity contribution in [2.75, 3.05) is 26.8 Å². The third-order valence-electron chi connectivity index (χ3n) is 2.67. The Balaban J connectivity index is 2.46. The SMILES string of the molecule is CCOC(CNC1CC(C)=NN(C)C1=O)OCC. The molecule has 0 bridgehead atoms. The summed E-state index contributed by atoms with van der Waals surface area (Å²) in [5.41, 5.74) is 0.943. The van der Waals surface area contributed by atoms with E-state index in [-0.39, 0.29) is 18.2 Å². The Labute approximate surface area is 108 Å². The zero-order valence-corrected chi connectivity index (χ0v) is 11.6. The van der Waals surface area contributed by atoms with E-state index in [4.69, 9.17) is 9.47 Å². The number of rotatable bonds is 7. The van der Waals surface area contributed by atoms with Crippen molar-refractivity contribution in [3.8, 4) is 0 Å². The van der Waals surface area contributed by atoms with Gasteiger partial charge < -0.3 is 14.8 Å². The summed E-state index contributed by atoms with van der Waals surface area (Å²) in [5, 5.41) is 8.67. The van der Waals surface area contributed by atoms with E-state index in [1.165, 1.54) is 5.01 Å². The summed E-state index contributed by atoms with van der Waals surface area (Å²) in [6.07, 6.45) is 0.325. The molecule has 1 heterocycles. The zero-order valence-electron chi connectivity index (χ0n) is 11.6. The highest BCUT2D eigenvalue weighted by molar-refractivity contribution is 5.94. The molecule has 0 saturated carbocycles. The van der Waals surface area contributed by atoms with Gasteiger partial charge in [0.2, 0.25) is 0 Å². The molecule has 0 spiro atoms. The summed E-state index contributed by atoms with van der Waals surface area (Å²) in [6.45, 7) is 7.43. The van der Waals surface area contributed by atoms with E-state index in [1.54, 1.807) is 7.05 Å². The minimum Gasteiger partial charge on any atom is -0.352 e. The van der Waals surface area contributed by atoms with Crippen LogP contribution in [0.3, 0.4) is 0 Å². The van der Waals surface area contributed by atoms with Crippen molar-refractivity contribution < 1.29 is 14.3 Å². The molecule has 18 heavy (non-hydrogen) atoms. The van der Waals surface area contributed by atoms with Crippen LogP contribution in [0.4, 0.5) is 0 Å². The highest BCUT2D eigenvalue weighted by atomic mass is 16.7. The fourth-order valence-corrected chi connectivity index (χ4v) is 1.89. The maximum atomic E-state index is 11.9. The first-order valence-electron chi connectivity index (χ1n) is 6.36. The molecule has 0 radical (unpaired) electrons. The Morgan fingerprint density at radius 3 is 2.61 bits per heavy atom. The number of nitrogens with one attached hydrogen (secondary N) is 1. The minimum absolute atomic E-state index is 0.0210. The molecule has 1 aliphatic heterocycles. The molecule has 0 aliphatic carbocycles. The average molecular weight is 257 g/mol. The third-order valence-corrected chi connectivity index (χ3v) is 2.67. The van der Waals surface area contributed by atoms with Crippen LogP contribution in [0.2, 0.25) is 0 Å². The summed E-state index contributed by atoms with van der Waals surface area (Å²) in [4.78, 5) is 11.9. The molecule has 0 fully saturated rings. The van der Waals surface area contributed by atoms with Gasteiger partial charge in [-0.15, -0.1) is 0 Å². The molecular formula is C12H23N3O3. The Hall–Kier alpha value is -0.980. The van der Waals surface area contributed by atoms with E-state index < -0.39 is 0 Å². The number of hydrogen-bond acceptors (Lipinski definition) is 5. The normalized spacial score (nSPS) is 20.5. The summed E-state index contributed by atoms with van der Waals surface area (Å²) >= 11 is 0. The molecule has 0 aromatic heterocycles. The molecular weight excluding hydrogens is 234 g/mol. The van der Waals surface area contributed by atoms with E-state index in [2.05, 4.69) is 10.4 Å². The van der Waals surface area contributed by atoms with Crippen LogP contribution in [0, 0.1) is 0 Å². The quantitative estimate of drug-likeness (QED) is 0.678. The van der Waals surface area contributed by atoms with Gasteiger partial charge in [0, 0.05) is 38.9 Å². The van der Waals surface area contributed by atoms with Crippen molar-refractivity contribution in [2.24, 2.45) is 5.10 Å². The second-order valence-electron chi connectivity index (χ2n) is 4.20. The summed E-state index contributed by atoms with van der Waals surface area (Å²) in [7, 11) is 1.67. The lowest BCUT2D eigenvalue weighted by Gasteiger charge is -2.28. The number of likely N-dealkylation sites (N-methyl/N-ethyl adjacent to an activating group) is 1. The van der Waals surface area contributed by atoms with Gasteiger partial charge in [-0.05, 0) is 20.8 Å². The zero-order chi connectivity index (χ0) is 13.5. The van der Waals surface area contributed by atoms with Gasteiger partial charge in [0.15, 0.2) is 6.29 Å². The predicted octanol–water partition coefficient (Wildman–Crippen LogP) is 0.582. The van der Waals surface area contributed by atoms with Crippen LogP contribution < -0.4 is 5.32 Å². The standard InChI is InChI=1S/C12H23N3O3/c1-5-17-11(18-6-2)8-13-10-7-9(3)14-15(4)12(10)16/h10-11,13H,5-8H2,1-4H3. The maximum Gasteiger partial charge on any atom is 0.259 e. The van der Waals surface area contributed by atoms with E-state index in [9.17, 15) is 4.79 Å². The van der Waals surface area contributed by atoms with Gasteiger partial charge in [-0.2, -0.15) is 5.10 Å². The number of ether oxygens (including phenoxy) is 2. The fraction of sp³-hybridized carbons (Fsp3) is 0.833. The Kier molecular flexibility index (Phi) is 6.24. The van der Waals surface area contributed by atoms with Crippen molar-refractivity contribution in [3.63, 3.8) is 0 Å². The molecule has 1 aliphatic rings. The number of hydrogen-bond donors (Lipinski definition) is 1. The molecule has 0 aromatic carbocycles. The largest absolute Gasteiger partial charge is 0.352 e. The lowest BCUT2D eigenvalue weighted by atomic mass is 10.1. The summed E-state index contributed by atoms with van der Waals surface area (Å²) in [6, 6.07) is -0.240. The van der Waals surface area contributed by atoms with Crippen LogP contribution in [-0.2, 0) is 14.3 Å². The molecule has 1 rings (SSSR count). The van der Waals surface area contributed by atoms with E-state index in [0.29, 0.717) is 26.2 Å². The number of carbonyl (C=O) groups is 1. The fourth-order valence-electron chi connectivity index (χ4n) is 1.89. The van der Waals surface area contributed by atoms with Crippen LogP contribution in [-0.4, -0.2) is 55.8 Å². The van der Waals surface area contributed by atoms with Crippen molar-refractivity contribution in [1.29, 1.82) is 0 Å². The molecule has 6 heteroatoms. The van der Waals surface area contributed by atoms with Gasteiger partial charge in [0.25, 0.3) is 5.91 Å². The highest BCUT2D eigenvalue weighted by Crippen LogP contribution is 2.08. The second kappa shape index (κ2) is 7.45. The van der Waals surface area contributed by atoms with Crippen LogP contribution in [0.1, 0.15) is 27.2 Å². The molecule has 1 atom stereocenters. The number of hydrazone groups is 1. The van der Waals surface area contributed by atoms with Gasteiger partial charge >= 0.3 is 0 Å². The van der Waals surface area contributed by atoms with Gasteiger partial charge in [-0.1, -0.05) is 0 Å². The molecule has 104 valence electrons. The van der Waals surface area contributed by atoms with Crippen molar-refractivity contribution in [2.45, 2.75) is 39.5 Å². The maximum absolute atomic E-state index is 11.9. The molecule has 1 amide bonds. The molecule has 0 aromatic rings.